The van der Waals surface area contributed by atoms with Crippen LogP contribution in [0.2, 0.25) is 5.02 Å². The minimum Gasteiger partial charge on any atom is -0.495 e. The molecule has 0 atom stereocenters. The number of amides is 1. The molecule has 1 N–H and O–H groups in total. The van der Waals surface area contributed by atoms with Gasteiger partial charge in [0.2, 0.25) is 0 Å². The van der Waals surface area contributed by atoms with E-state index in [1.165, 1.54) is 0 Å². The summed E-state index contributed by atoms with van der Waals surface area (Å²) in [6.45, 7) is 4.67. The molecule has 0 aliphatic heterocycles. The fraction of sp³-hybridized carbons (Fsp3) is 0.278. The van der Waals surface area contributed by atoms with Crippen LogP contribution in [0.5, 0.6) is 11.5 Å². The molecule has 0 spiro atoms. The van der Waals surface area contributed by atoms with Crippen LogP contribution in [0.25, 0.3) is 0 Å². The van der Waals surface area contributed by atoms with E-state index in [0.29, 0.717) is 40.3 Å². The van der Waals surface area contributed by atoms with Crippen LogP contribution in [0.3, 0.4) is 0 Å². The molecule has 5 heteroatoms. The van der Waals surface area contributed by atoms with E-state index in [4.69, 9.17) is 21.1 Å². The Labute approximate surface area is 141 Å². The van der Waals surface area contributed by atoms with Crippen LogP contribution >= 0.6 is 11.6 Å². The normalized spacial score (nSPS) is 10.5. The highest BCUT2D eigenvalue weighted by Crippen LogP contribution is 2.28. The Morgan fingerprint density at radius 3 is 2.57 bits per heavy atom. The third-order valence-electron chi connectivity index (χ3n) is 3.11. The molecule has 0 aromatic heterocycles. The molecule has 0 fully saturated rings. The zero-order chi connectivity index (χ0) is 16.8. The molecule has 0 bridgehead atoms. The molecule has 2 aromatic carbocycles. The first-order chi connectivity index (χ1) is 11.0. The van der Waals surface area contributed by atoms with Crippen molar-refractivity contribution >= 4 is 23.2 Å². The molecule has 0 aliphatic rings. The SMILES string of the molecule is COc1ccc(NC(=O)c2ccccc2OCC(C)C)cc1Cl. The molecular weight excluding hydrogens is 314 g/mol. The van der Waals surface area contributed by atoms with Crippen molar-refractivity contribution < 1.29 is 14.3 Å². The highest BCUT2D eigenvalue weighted by atomic mass is 35.5. The van der Waals surface area contributed by atoms with E-state index in [0.717, 1.165) is 0 Å². The first kappa shape index (κ1) is 17.2. The second-order valence-corrected chi connectivity index (χ2v) is 5.91. The van der Waals surface area contributed by atoms with E-state index >= 15 is 0 Å². The number of carbonyl (C=O) groups excluding carboxylic acids is 1. The van der Waals surface area contributed by atoms with Crippen molar-refractivity contribution in [3.8, 4) is 11.5 Å². The third kappa shape index (κ3) is 4.63. The van der Waals surface area contributed by atoms with Gasteiger partial charge in [0.1, 0.15) is 11.5 Å². The van der Waals surface area contributed by atoms with Crippen LogP contribution in [-0.2, 0) is 0 Å². The summed E-state index contributed by atoms with van der Waals surface area (Å²) in [5, 5.41) is 3.26. The van der Waals surface area contributed by atoms with Gasteiger partial charge >= 0.3 is 0 Å². The van der Waals surface area contributed by atoms with Crippen LogP contribution < -0.4 is 14.8 Å². The van der Waals surface area contributed by atoms with Gasteiger partial charge in [0.25, 0.3) is 5.91 Å². The minimum atomic E-state index is -0.245. The van der Waals surface area contributed by atoms with Crippen molar-refractivity contribution in [2.45, 2.75) is 13.8 Å². The van der Waals surface area contributed by atoms with Crippen molar-refractivity contribution in [3.05, 3.63) is 53.1 Å². The number of anilines is 1. The van der Waals surface area contributed by atoms with Gasteiger partial charge in [-0.1, -0.05) is 37.6 Å². The maximum atomic E-state index is 12.5. The van der Waals surface area contributed by atoms with Gasteiger partial charge < -0.3 is 14.8 Å². The zero-order valence-corrected chi connectivity index (χ0v) is 14.2. The summed E-state index contributed by atoms with van der Waals surface area (Å²) in [4.78, 5) is 12.5. The van der Waals surface area contributed by atoms with Gasteiger partial charge in [0.05, 0.1) is 24.3 Å². The minimum absolute atomic E-state index is 0.245. The average Bonchev–Trinajstić information content (AvgIpc) is 2.53. The topological polar surface area (TPSA) is 47.6 Å². The average molecular weight is 334 g/mol. The molecule has 0 radical (unpaired) electrons. The van der Waals surface area contributed by atoms with Gasteiger partial charge in [-0.15, -0.1) is 0 Å². The van der Waals surface area contributed by atoms with E-state index < -0.39 is 0 Å². The molecule has 2 rings (SSSR count). The van der Waals surface area contributed by atoms with E-state index in [9.17, 15) is 4.79 Å². The predicted molar refractivity (Wildman–Crippen MR) is 92.7 cm³/mol. The second kappa shape index (κ2) is 7.88. The number of hydrogen-bond acceptors (Lipinski definition) is 3. The molecule has 0 unspecified atom stereocenters. The van der Waals surface area contributed by atoms with E-state index in [1.54, 1.807) is 43.5 Å². The largest absolute Gasteiger partial charge is 0.495 e. The number of ether oxygens (including phenoxy) is 2. The molecule has 23 heavy (non-hydrogen) atoms. The molecule has 0 saturated heterocycles. The summed E-state index contributed by atoms with van der Waals surface area (Å²) in [5.41, 5.74) is 1.08. The maximum Gasteiger partial charge on any atom is 0.259 e. The van der Waals surface area contributed by atoms with Gasteiger partial charge in [-0.3, -0.25) is 4.79 Å². The Bertz CT molecular complexity index is 686. The van der Waals surface area contributed by atoms with Crippen molar-refractivity contribution in [3.63, 3.8) is 0 Å². The first-order valence-electron chi connectivity index (χ1n) is 7.38. The molecule has 2 aromatic rings. The van der Waals surface area contributed by atoms with Crippen LogP contribution in [0.4, 0.5) is 5.69 Å². The van der Waals surface area contributed by atoms with E-state index in [-0.39, 0.29) is 5.91 Å². The molecule has 0 heterocycles. The summed E-state index contributed by atoms with van der Waals surface area (Å²) in [5.74, 6) is 1.26. The quantitative estimate of drug-likeness (QED) is 0.838. The Kier molecular flexibility index (Phi) is 5.88. The molecule has 1 amide bonds. The van der Waals surface area contributed by atoms with Gasteiger partial charge in [-0.2, -0.15) is 0 Å². The highest BCUT2D eigenvalue weighted by Gasteiger charge is 2.13. The Morgan fingerprint density at radius 2 is 1.91 bits per heavy atom. The Morgan fingerprint density at radius 1 is 1.17 bits per heavy atom. The number of hydrogen-bond donors (Lipinski definition) is 1. The fourth-order valence-corrected chi connectivity index (χ4v) is 2.24. The Balaban J connectivity index is 2.16. The number of carbonyl (C=O) groups is 1. The lowest BCUT2D eigenvalue weighted by molar-refractivity contribution is 0.102. The summed E-state index contributed by atoms with van der Waals surface area (Å²) in [6.07, 6.45) is 0. The highest BCUT2D eigenvalue weighted by molar-refractivity contribution is 6.32. The number of methoxy groups -OCH3 is 1. The summed E-state index contributed by atoms with van der Waals surface area (Å²) < 4.78 is 10.8. The maximum absolute atomic E-state index is 12.5. The van der Waals surface area contributed by atoms with Crippen LogP contribution in [0.1, 0.15) is 24.2 Å². The number of benzene rings is 2. The number of rotatable bonds is 6. The lowest BCUT2D eigenvalue weighted by atomic mass is 10.1. The van der Waals surface area contributed by atoms with Gasteiger partial charge in [-0.25, -0.2) is 0 Å². The standard InChI is InChI=1S/C18H20ClNO3/c1-12(2)11-23-16-7-5-4-6-14(16)18(21)20-13-8-9-17(22-3)15(19)10-13/h4-10,12H,11H2,1-3H3,(H,20,21). The second-order valence-electron chi connectivity index (χ2n) is 5.50. The van der Waals surface area contributed by atoms with Gasteiger partial charge in [0, 0.05) is 5.69 Å². The molecule has 0 aliphatic carbocycles. The van der Waals surface area contributed by atoms with E-state index in [1.807, 2.05) is 6.07 Å². The molecule has 4 nitrogen and oxygen atoms in total. The smallest absolute Gasteiger partial charge is 0.259 e. The van der Waals surface area contributed by atoms with E-state index in [2.05, 4.69) is 19.2 Å². The number of halogens is 1. The van der Waals surface area contributed by atoms with Crippen LogP contribution in [0, 0.1) is 5.92 Å². The summed E-state index contributed by atoms with van der Waals surface area (Å²) >= 11 is 6.07. The van der Waals surface area contributed by atoms with Crippen LogP contribution in [0.15, 0.2) is 42.5 Å². The van der Waals surface area contributed by atoms with Crippen molar-refractivity contribution in [2.75, 3.05) is 19.0 Å². The number of nitrogens with one attached hydrogen (secondary N) is 1. The molecule has 0 saturated carbocycles. The molecule has 122 valence electrons. The number of para-hydroxylation sites is 1. The van der Waals surface area contributed by atoms with Crippen LogP contribution in [-0.4, -0.2) is 19.6 Å². The van der Waals surface area contributed by atoms with Gasteiger partial charge in [0.15, 0.2) is 0 Å². The first-order valence-corrected chi connectivity index (χ1v) is 7.75. The fourth-order valence-electron chi connectivity index (χ4n) is 1.98. The lowest BCUT2D eigenvalue weighted by Crippen LogP contribution is -2.15. The third-order valence-corrected chi connectivity index (χ3v) is 3.41. The molecular formula is C18H20ClNO3. The monoisotopic (exact) mass is 333 g/mol. The summed E-state index contributed by atoms with van der Waals surface area (Å²) in [6, 6.07) is 12.3. The van der Waals surface area contributed by atoms with Crippen molar-refractivity contribution in [1.82, 2.24) is 0 Å². The zero-order valence-electron chi connectivity index (χ0n) is 13.4. The lowest BCUT2D eigenvalue weighted by Gasteiger charge is -2.13. The van der Waals surface area contributed by atoms with Crippen molar-refractivity contribution in [2.24, 2.45) is 5.92 Å². The summed E-state index contributed by atoms with van der Waals surface area (Å²) in [7, 11) is 1.54. The van der Waals surface area contributed by atoms with Gasteiger partial charge in [-0.05, 0) is 36.2 Å². The predicted octanol–water partition coefficient (Wildman–Crippen LogP) is 4.64. The van der Waals surface area contributed by atoms with Crippen molar-refractivity contribution in [1.29, 1.82) is 0 Å². The Hall–Kier alpha value is -2.20.